The molecule has 0 bridgehead atoms. The summed E-state index contributed by atoms with van der Waals surface area (Å²) in [7, 11) is 1.45. The maximum atomic E-state index is 12.8. The number of aromatic nitrogens is 2. The second kappa shape index (κ2) is 12.0. The van der Waals surface area contributed by atoms with Gasteiger partial charge in [-0.05, 0) is 61.9 Å². The molecule has 5 aromatic rings. The number of carbonyl (C=O) groups excluding carboxylic acids is 1. The minimum absolute atomic E-state index is 0.0601. The van der Waals surface area contributed by atoms with E-state index in [-0.39, 0.29) is 10.7 Å². The molecule has 0 amide bonds. The molecule has 0 aliphatic heterocycles. The standard InChI is InChI=1S/C35H37ClN2O3S/c1-34(2,3)42-32-28-19-27(41-22-26-16-13-24-9-7-8-10-29(24)37-26)17-18-30(28)38(21-23-11-14-25(36)15-12-23)31(32)20-35(4,5)33(39)40-6/h7-19H,20-22H2,1-6H3. The van der Waals surface area contributed by atoms with Crippen molar-refractivity contribution >= 4 is 51.1 Å². The average Bonchev–Trinajstić information content (AvgIpc) is 3.21. The number of fused-ring (bicyclic) bond motifs is 2. The number of pyridine rings is 1. The van der Waals surface area contributed by atoms with Gasteiger partial charge in [0, 0.05) is 49.6 Å². The summed E-state index contributed by atoms with van der Waals surface area (Å²) in [5.74, 6) is 0.542. The first kappa shape index (κ1) is 30.0. The largest absolute Gasteiger partial charge is 0.487 e. The van der Waals surface area contributed by atoms with Crippen LogP contribution in [0.25, 0.3) is 21.8 Å². The Morgan fingerprint density at radius 3 is 2.40 bits per heavy atom. The van der Waals surface area contributed by atoms with Gasteiger partial charge in [0.15, 0.2) is 0 Å². The zero-order valence-corrected chi connectivity index (χ0v) is 26.6. The van der Waals surface area contributed by atoms with Crippen molar-refractivity contribution in [1.82, 2.24) is 9.55 Å². The predicted molar refractivity (Wildman–Crippen MR) is 174 cm³/mol. The molecule has 0 saturated carbocycles. The van der Waals surface area contributed by atoms with Gasteiger partial charge >= 0.3 is 5.97 Å². The number of esters is 1. The summed E-state index contributed by atoms with van der Waals surface area (Å²) in [6.07, 6.45) is 0.525. The van der Waals surface area contributed by atoms with Crippen molar-refractivity contribution in [1.29, 1.82) is 0 Å². The molecule has 2 heterocycles. The Balaban J connectivity index is 1.59. The fourth-order valence-corrected chi connectivity index (χ4v) is 6.42. The number of ether oxygens (including phenoxy) is 2. The lowest BCUT2D eigenvalue weighted by Gasteiger charge is -2.25. The molecule has 0 radical (unpaired) electrons. The Morgan fingerprint density at radius 1 is 0.952 bits per heavy atom. The lowest BCUT2D eigenvalue weighted by Crippen LogP contribution is -2.29. The first-order valence-electron chi connectivity index (χ1n) is 14.1. The van der Waals surface area contributed by atoms with Gasteiger partial charge in [0.1, 0.15) is 12.4 Å². The molecule has 0 unspecified atom stereocenters. The number of hydrogen-bond acceptors (Lipinski definition) is 5. The molecule has 218 valence electrons. The van der Waals surface area contributed by atoms with E-state index < -0.39 is 5.41 Å². The van der Waals surface area contributed by atoms with E-state index in [0.29, 0.717) is 24.6 Å². The van der Waals surface area contributed by atoms with E-state index in [0.717, 1.165) is 49.4 Å². The summed E-state index contributed by atoms with van der Waals surface area (Å²) in [4.78, 5) is 18.8. The third-order valence-electron chi connectivity index (χ3n) is 7.14. The summed E-state index contributed by atoms with van der Waals surface area (Å²) in [6.45, 7) is 11.5. The molecule has 0 aliphatic rings. The highest BCUT2D eigenvalue weighted by atomic mass is 35.5. The number of halogens is 1. The molecule has 0 aliphatic carbocycles. The smallest absolute Gasteiger partial charge is 0.311 e. The average molecular weight is 601 g/mol. The van der Waals surface area contributed by atoms with Gasteiger partial charge < -0.3 is 14.0 Å². The number of rotatable bonds is 9. The van der Waals surface area contributed by atoms with Gasteiger partial charge in [0.25, 0.3) is 0 Å². The SMILES string of the molecule is COC(=O)C(C)(C)Cc1c(SC(C)(C)C)c2cc(OCc3ccc4ccccc4n3)ccc2n1Cc1ccc(Cl)cc1. The van der Waals surface area contributed by atoms with Crippen LogP contribution in [0.3, 0.4) is 0 Å². The van der Waals surface area contributed by atoms with Crippen LogP contribution >= 0.6 is 23.4 Å². The third-order valence-corrected chi connectivity index (χ3v) is 8.67. The number of para-hydroxylation sites is 1. The van der Waals surface area contributed by atoms with Gasteiger partial charge in [-0.2, -0.15) is 0 Å². The fourth-order valence-electron chi connectivity index (χ4n) is 5.11. The summed E-state index contributed by atoms with van der Waals surface area (Å²) >= 11 is 8.01. The number of hydrogen-bond donors (Lipinski definition) is 0. The first-order chi connectivity index (χ1) is 19.9. The third kappa shape index (κ3) is 6.77. The van der Waals surface area contributed by atoms with Crippen LogP contribution < -0.4 is 4.74 Å². The first-order valence-corrected chi connectivity index (χ1v) is 15.3. The second-order valence-electron chi connectivity index (χ2n) is 12.2. The Kier molecular flexibility index (Phi) is 8.58. The van der Waals surface area contributed by atoms with E-state index in [1.54, 1.807) is 0 Å². The minimum Gasteiger partial charge on any atom is -0.487 e. The van der Waals surface area contributed by atoms with E-state index in [9.17, 15) is 4.79 Å². The zero-order chi connectivity index (χ0) is 30.1. The van der Waals surface area contributed by atoms with Crippen LogP contribution in [-0.4, -0.2) is 27.4 Å². The van der Waals surface area contributed by atoms with Crippen molar-refractivity contribution in [2.45, 2.75) is 63.8 Å². The molecular weight excluding hydrogens is 564 g/mol. The molecule has 42 heavy (non-hydrogen) atoms. The van der Waals surface area contributed by atoms with Crippen LogP contribution in [0.5, 0.6) is 5.75 Å². The lowest BCUT2D eigenvalue weighted by molar-refractivity contribution is -0.150. The topological polar surface area (TPSA) is 53.4 Å². The quantitative estimate of drug-likeness (QED) is 0.125. The Bertz CT molecular complexity index is 1740. The summed E-state index contributed by atoms with van der Waals surface area (Å²) in [6, 6.07) is 26.4. The molecular formula is C35H37ClN2O3S. The highest BCUT2D eigenvalue weighted by Crippen LogP contribution is 2.44. The van der Waals surface area contributed by atoms with Gasteiger partial charge in [-0.3, -0.25) is 4.79 Å². The molecule has 5 rings (SSSR count). The van der Waals surface area contributed by atoms with Gasteiger partial charge in [-0.25, -0.2) is 4.98 Å². The van der Waals surface area contributed by atoms with Crippen LogP contribution in [0.1, 0.15) is 51.6 Å². The normalized spacial score (nSPS) is 12.2. The van der Waals surface area contributed by atoms with E-state index in [4.69, 9.17) is 26.1 Å². The number of thioether (sulfide) groups is 1. The molecule has 2 aromatic heterocycles. The number of methoxy groups -OCH3 is 1. The number of benzene rings is 3. The lowest BCUT2D eigenvalue weighted by atomic mass is 9.87. The predicted octanol–water partition coefficient (Wildman–Crippen LogP) is 9.10. The van der Waals surface area contributed by atoms with Crippen LogP contribution in [0.2, 0.25) is 5.02 Å². The van der Waals surface area contributed by atoms with Gasteiger partial charge in [0.05, 0.1) is 23.7 Å². The maximum absolute atomic E-state index is 12.8. The molecule has 5 nitrogen and oxygen atoms in total. The van der Waals surface area contributed by atoms with Gasteiger partial charge in [-0.1, -0.05) is 68.8 Å². The van der Waals surface area contributed by atoms with Crippen molar-refractivity contribution in [3.8, 4) is 5.75 Å². The number of nitrogens with zero attached hydrogens (tertiary/aromatic N) is 2. The molecule has 7 heteroatoms. The van der Waals surface area contributed by atoms with Crippen molar-refractivity contribution in [3.63, 3.8) is 0 Å². The van der Waals surface area contributed by atoms with E-state index in [2.05, 4.69) is 49.6 Å². The highest BCUT2D eigenvalue weighted by Gasteiger charge is 2.33. The van der Waals surface area contributed by atoms with Gasteiger partial charge in [-0.15, -0.1) is 11.8 Å². The zero-order valence-electron chi connectivity index (χ0n) is 25.0. The Hall–Kier alpha value is -3.48. The summed E-state index contributed by atoms with van der Waals surface area (Å²) < 4.78 is 13.8. The van der Waals surface area contributed by atoms with Crippen molar-refractivity contribution in [2.75, 3.05) is 7.11 Å². The second-order valence-corrected chi connectivity index (χ2v) is 14.5. The molecule has 0 saturated heterocycles. The summed E-state index contributed by atoms with van der Waals surface area (Å²) in [5.41, 5.74) is 4.43. The van der Waals surface area contributed by atoms with Crippen molar-refractivity contribution in [3.05, 3.63) is 101 Å². The van der Waals surface area contributed by atoms with E-state index in [1.165, 1.54) is 7.11 Å². The van der Waals surface area contributed by atoms with E-state index >= 15 is 0 Å². The molecule has 0 atom stereocenters. The highest BCUT2D eigenvalue weighted by molar-refractivity contribution is 8.00. The van der Waals surface area contributed by atoms with Crippen LogP contribution in [0.4, 0.5) is 0 Å². The van der Waals surface area contributed by atoms with Crippen LogP contribution in [-0.2, 0) is 29.1 Å². The number of carbonyl (C=O) groups is 1. The monoisotopic (exact) mass is 600 g/mol. The van der Waals surface area contributed by atoms with E-state index in [1.807, 2.05) is 80.2 Å². The Morgan fingerprint density at radius 2 is 1.69 bits per heavy atom. The maximum Gasteiger partial charge on any atom is 0.311 e. The van der Waals surface area contributed by atoms with Crippen LogP contribution in [0.15, 0.2) is 83.8 Å². The van der Waals surface area contributed by atoms with Gasteiger partial charge in [0.2, 0.25) is 0 Å². The minimum atomic E-state index is -0.713. The summed E-state index contributed by atoms with van der Waals surface area (Å²) in [5, 5.41) is 2.91. The molecule has 0 N–H and O–H groups in total. The van der Waals surface area contributed by atoms with Crippen molar-refractivity contribution < 1.29 is 14.3 Å². The van der Waals surface area contributed by atoms with Crippen molar-refractivity contribution in [2.24, 2.45) is 5.41 Å². The Labute approximate surface area is 257 Å². The fraction of sp³-hybridized carbons (Fsp3) is 0.314. The molecule has 0 fully saturated rings. The molecule has 3 aromatic carbocycles. The molecule has 0 spiro atoms. The van der Waals surface area contributed by atoms with Crippen LogP contribution in [0, 0.1) is 5.41 Å².